The number of hydrogen-bond acceptors (Lipinski definition) is 1. The maximum Gasteiger partial charge on any atom is 0.118 e. The van der Waals surface area contributed by atoms with Crippen LogP contribution in [0, 0.1) is 0 Å². The SMILES string of the molecule is COc1ccc(C2C=CCCC2)cc1. The number of hydrogen-bond donors (Lipinski definition) is 0. The normalized spacial score (nSPS) is 20.8. The quantitative estimate of drug-likeness (QED) is 0.645. The number of methoxy groups -OCH3 is 1. The van der Waals surface area contributed by atoms with E-state index < -0.39 is 0 Å². The summed E-state index contributed by atoms with van der Waals surface area (Å²) in [7, 11) is 1.70. The minimum atomic E-state index is 0.620. The van der Waals surface area contributed by atoms with Crippen molar-refractivity contribution >= 4 is 0 Å². The Bertz CT molecular complexity index is 311. The molecule has 1 aliphatic carbocycles. The highest BCUT2D eigenvalue weighted by molar-refractivity contribution is 5.31. The van der Waals surface area contributed by atoms with Crippen LogP contribution >= 0.6 is 0 Å². The number of rotatable bonds is 2. The van der Waals surface area contributed by atoms with Crippen LogP contribution in [-0.4, -0.2) is 7.11 Å². The summed E-state index contributed by atoms with van der Waals surface area (Å²) in [5, 5.41) is 0. The van der Waals surface area contributed by atoms with Crippen molar-refractivity contribution in [3.05, 3.63) is 42.0 Å². The Morgan fingerprint density at radius 3 is 2.57 bits per heavy atom. The second-order valence-corrected chi connectivity index (χ2v) is 3.74. The van der Waals surface area contributed by atoms with Gasteiger partial charge in [-0.2, -0.15) is 0 Å². The molecule has 0 aliphatic heterocycles. The van der Waals surface area contributed by atoms with E-state index in [1.54, 1.807) is 7.11 Å². The smallest absolute Gasteiger partial charge is 0.118 e. The van der Waals surface area contributed by atoms with Gasteiger partial charge in [-0.05, 0) is 37.0 Å². The molecule has 1 aliphatic rings. The second-order valence-electron chi connectivity index (χ2n) is 3.74. The van der Waals surface area contributed by atoms with Crippen molar-refractivity contribution in [2.75, 3.05) is 7.11 Å². The summed E-state index contributed by atoms with van der Waals surface area (Å²) in [5.74, 6) is 1.56. The molecule has 0 N–H and O–H groups in total. The first-order chi connectivity index (χ1) is 6.90. The summed E-state index contributed by atoms with van der Waals surface area (Å²) >= 11 is 0. The van der Waals surface area contributed by atoms with Crippen LogP contribution in [0.2, 0.25) is 0 Å². The third-order valence-electron chi connectivity index (χ3n) is 2.80. The molecule has 0 saturated carbocycles. The van der Waals surface area contributed by atoms with E-state index in [0.717, 1.165) is 5.75 Å². The van der Waals surface area contributed by atoms with Gasteiger partial charge in [-0.25, -0.2) is 0 Å². The Kier molecular flexibility index (Phi) is 2.87. The molecule has 0 bridgehead atoms. The molecular weight excluding hydrogens is 172 g/mol. The predicted octanol–water partition coefficient (Wildman–Crippen LogP) is 3.52. The number of allylic oxidation sites excluding steroid dienone is 2. The van der Waals surface area contributed by atoms with Crippen molar-refractivity contribution < 1.29 is 4.74 Å². The lowest BCUT2D eigenvalue weighted by atomic mass is 9.89. The molecule has 1 aromatic rings. The van der Waals surface area contributed by atoms with Gasteiger partial charge in [0.05, 0.1) is 7.11 Å². The maximum atomic E-state index is 5.14. The average Bonchev–Trinajstić information content (AvgIpc) is 2.30. The molecule has 0 heterocycles. The zero-order chi connectivity index (χ0) is 9.80. The minimum absolute atomic E-state index is 0.620. The Balaban J connectivity index is 2.15. The molecule has 2 rings (SSSR count). The van der Waals surface area contributed by atoms with Gasteiger partial charge in [-0.15, -0.1) is 0 Å². The van der Waals surface area contributed by atoms with E-state index in [1.807, 2.05) is 12.1 Å². The van der Waals surface area contributed by atoms with E-state index >= 15 is 0 Å². The maximum absolute atomic E-state index is 5.14. The highest BCUT2D eigenvalue weighted by atomic mass is 16.5. The summed E-state index contributed by atoms with van der Waals surface area (Å²) in [6.07, 6.45) is 8.45. The fourth-order valence-corrected chi connectivity index (χ4v) is 1.94. The second kappa shape index (κ2) is 4.32. The molecule has 0 saturated heterocycles. The predicted molar refractivity (Wildman–Crippen MR) is 58.7 cm³/mol. The summed E-state index contributed by atoms with van der Waals surface area (Å²) < 4.78 is 5.14. The molecule has 0 amide bonds. The summed E-state index contributed by atoms with van der Waals surface area (Å²) in [6, 6.07) is 8.41. The Hall–Kier alpha value is -1.24. The lowest BCUT2D eigenvalue weighted by Gasteiger charge is -2.16. The highest BCUT2D eigenvalue weighted by Gasteiger charge is 2.10. The van der Waals surface area contributed by atoms with E-state index in [-0.39, 0.29) is 0 Å². The zero-order valence-corrected chi connectivity index (χ0v) is 8.57. The lowest BCUT2D eigenvalue weighted by molar-refractivity contribution is 0.414. The summed E-state index contributed by atoms with van der Waals surface area (Å²) in [6.45, 7) is 0. The largest absolute Gasteiger partial charge is 0.497 e. The van der Waals surface area contributed by atoms with Gasteiger partial charge in [0, 0.05) is 5.92 Å². The molecule has 0 spiro atoms. The third kappa shape index (κ3) is 1.98. The van der Waals surface area contributed by atoms with Crippen LogP contribution < -0.4 is 4.74 Å². The number of ether oxygens (including phenoxy) is 1. The first-order valence-corrected chi connectivity index (χ1v) is 5.21. The van der Waals surface area contributed by atoms with Crippen LogP contribution in [-0.2, 0) is 0 Å². The number of benzene rings is 1. The van der Waals surface area contributed by atoms with Gasteiger partial charge >= 0.3 is 0 Å². The molecule has 1 heteroatoms. The molecule has 14 heavy (non-hydrogen) atoms. The first kappa shape index (κ1) is 9.32. The molecule has 0 fully saturated rings. The Labute approximate surface area is 85.4 Å². The lowest BCUT2D eigenvalue weighted by Crippen LogP contribution is -1.98. The van der Waals surface area contributed by atoms with Gasteiger partial charge in [-0.1, -0.05) is 24.3 Å². The summed E-state index contributed by atoms with van der Waals surface area (Å²) in [4.78, 5) is 0. The van der Waals surface area contributed by atoms with Crippen molar-refractivity contribution in [3.63, 3.8) is 0 Å². The topological polar surface area (TPSA) is 9.23 Å². The van der Waals surface area contributed by atoms with Gasteiger partial charge in [0.25, 0.3) is 0 Å². The van der Waals surface area contributed by atoms with Gasteiger partial charge in [0.15, 0.2) is 0 Å². The average molecular weight is 188 g/mol. The van der Waals surface area contributed by atoms with Gasteiger partial charge in [0.2, 0.25) is 0 Å². The fraction of sp³-hybridized carbons (Fsp3) is 0.385. The van der Waals surface area contributed by atoms with Crippen molar-refractivity contribution in [1.82, 2.24) is 0 Å². The van der Waals surface area contributed by atoms with E-state index in [0.29, 0.717) is 5.92 Å². The minimum Gasteiger partial charge on any atom is -0.497 e. The van der Waals surface area contributed by atoms with Crippen LogP contribution in [0.5, 0.6) is 5.75 Å². The molecule has 74 valence electrons. The molecule has 1 atom stereocenters. The fourth-order valence-electron chi connectivity index (χ4n) is 1.94. The molecule has 1 unspecified atom stereocenters. The van der Waals surface area contributed by atoms with Gasteiger partial charge in [0.1, 0.15) is 5.75 Å². The Morgan fingerprint density at radius 1 is 1.21 bits per heavy atom. The van der Waals surface area contributed by atoms with E-state index in [4.69, 9.17) is 4.74 Å². The van der Waals surface area contributed by atoms with Gasteiger partial charge < -0.3 is 4.74 Å². The molecule has 0 aromatic heterocycles. The van der Waals surface area contributed by atoms with Crippen LogP contribution in [0.3, 0.4) is 0 Å². The molecular formula is C13H16O. The van der Waals surface area contributed by atoms with E-state index in [1.165, 1.54) is 24.8 Å². The highest BCUT2D eigenvalue weighted by Crippen LogP contribution is 2.28. The van der Waals surface area contributed by atoms with Crippen molar-refractivity contribution in [2.24, 2.45) is 0 Å². The van der Waals surface area contributed by atoms with Crippen LogP contribution in [0.25, 0.3) is 0 Å². The monoisotopic (exact) mass is 188 g/mol. The Morgan fingerprint density at radius 2 is 2.00 bits per heavy atom. The molecule has 1 aromatic carbocycles. The van der Waals surface area contributed by atoms with Crippen molar-refractivity contribution in [3.8, 4) is 5.75 Å². The van der Waals surface area contributed by atoms with E-state index in [2.05, 4.69) is 24.3 Å². The van der Waals surface area contributed by atoms with Crippen LogP contribution in [0.1, 0.15) is 30.7 Å². The van der Waals surface area contributed by atoms with E-state index in [9.17, 15) is 0 Å². The van der Waals surface area contributed by atoms with Crippen molar-refractivity contribution in [1.29, 1.82) is 0 Å². The molecule has 0 radical (unpaired) electrons. The van der Waals surface area contributed by atoms with Gasteiger partial charge in [-0.3, -0.25) is 0 Å². The zero-order valence-electron chi connectivity index (χ0n) is 8.57. The third-order valence-corrected chi connectivity index (χ3v) is 2.80. The first-order valence-electron chi connectivity index (χ1n) is 5.21. The van der Waals surface area contributed by atoms with Crippen LogP contribution in [0.15, 0.2) is 36.4 Å². The molecule has 1 nitrogen and oxygen atoms in total. The summed E-state index contributed by atoms with van der Waals surface area (Å²) in [5.41, 5.74) is 1.40. The van der Waals surface area contributed by atoms with Crippen LogP contribution in [0.4, 0.5) is 0 Å². The standard InChI is InChI=1S/C13H16O/c1-14-13-9-7-12(8-10-13)11-5-3-2-4-6-11/h3,5,7-11H,2,4,6H2,1H3. The van der Waals surface area contributed by atoms with Crippen molar-refractivity contribution in [2.45, 2.75) is 25.2 Å².